The number of hydrogen-bond acceptors (Lipinski definition) is 7. The average molecular weight is 516 g/mol. The lowest BCUT2D eigenvalue weighted by Gasteiger charge is -2.37. The summed E-state index contributed by atoms with van der Waals surface area (Å²) in [7, 11) is 3.18. The number of carbonyl (C=O) groups is 1. The fourth-order valence-electron chi connectivity index (χ4n) is 4.82. The summed E-state index contributed by atoms with van der Waals surface area (Å²) in [6, 6.07) is 19.6. The third kappa shape index (κ3) is 5.16. The molecule has 1 aliphatic heterocycles. The summed E-state index contributed by atoms with van der Waals surface area (Å²) in [4.78, 5) is 27.0. The first-order valence-corrected chi connectivity index (χ1v) is 12.4. The van der Waals surface area contributed by atoms with E-state index in [-0.39, 0.29) is 19.1 Å². The van der Waals surface area contributed by atoms with Crippen LogP contribution < -0.4 is 24.6 Å². The zero-order valence-electron chi connectivity index (χ0n) is 21.6. The van der Waals surface area contributed by atoms with Crippen LogP contribution in [0.4, 0.5) is 0 Å². The molecular formula is C30H29NO7. The lowest BCUT2D eigenvalue weighted by Crippen LogP contribution is -2.44. The molecule has 1 aliphatic rings. The van der Waals surface area contributed by atoms with E-state index in [4.69, 9.17) is 23.4 Å². The second-order valence-corrected chi connectivity index (χ2v) is 9.08. The minimum atomic E-state index is -0.412. The molecule has 3 aromatic carbocycles. The summed E-state index contributed by atoms with van der Waals surface area (Å²) >= 11 is 0. The normalized spacial score (nSPS) is 14.6. The fourth-order valence-corrected chi connectivity index (χ4v) is 4.82. The van der Waals surface area contributed by atoms with Crippen LogP contribution in [0.5, 0.6) is 23.0 Å². The Balaban J connectivity index is 1.43. The van der Waals surface area contributed by atoms with Crippen molar-refractivity contribution in [1.29, 1.82) is 0 Å². The van der Waals surface area contributed by atoms with Gasteiger partial charge >= 0.3 is 5.63 Å². The van der Waals surface area contributed by atoms with Crippen molar-refractivity contribution in [3.63, 3.8) is 0 Å². The SMILES string of the molecule is COc1cc2c(cc1OC)[C@@H](COc1ccc3c(C)cc(=O)oc3c1)N(C(=O)COc1ccccc1)CC2. The van der Waals surface area contributed by atoms with Gasteiger partial charge in [-0.15, -0.1) is 0 Å². The van der Waals surface area contributed by atoms with Crippen LogP contribution >= 0.6 is 0 Å². The number of benzene rings is 3. The molecule has 0 spiro atoms. The van der Waals surface area contributed by atoms with Crippen LogP contribution in [-0.2, 0) is 11.2 Å². The van der Waals surface area contributed by atoms with E-state index in [1.165, 1.54) is 6.07 Å². The second-order valence-electron chi connectivity index (χ2n) is 9.08. The lowest BCUT2D eigenvalue weighted by atomic mass is 9.92. The van der Waals surface area contributed by atoms with Gasteiger partial charge in [-0.3, -0.25) is 4.79 Å². The minimum Gasteiger partial charge on any atom is -0.493 e. The molecule has 0 fully saturated rings. The van der Waals surface area contributed by atoms with E-state index >= 15 is 0 Å². The van der Waals surface area contributed by atoms with E-state index in [1.54, 1.807) is 25.2 Å². The first-order chi connectivity index (χ1) is 18.5. The zero-order valence-corrected chi connectivity index (χ0v) is 21.6. The van der Waals surface area contributed by atoms with Gasteiger partial charge in [-0.1, -0.05) is 18.2 Å². The number of amides is 1. The van der Waals surface area contributed by atoms with Crippen molar-refractivity contribution in [2.45, 2.75) is 19.4 Å². The Hall–Kier alpha value is -4.46. The Bertz CT molecular complexity index is 1510. The molecule has 0 saturated heterocycles. The highest BCUT2D eigenvalue weighted by Crippen LogP contribution is 2.38. The van der Waals surface area contributed by atoms with Crippen molar-refractivity contribution in [3.8, 4) is 23.0 Å². The molecule has 0 unspecified atom stereocenters. The number of nitrogens with zero attached hydrogens (tertiary/aromatic N) is 1. The van der Waals surface area contributed by atoms with Gasteiger partial charge in [0.2, 0.25) is 0 Å². The Morgan fingerprint density at radius 2 is 1.71 bits per heavy atom. The van der Waals surface area contributed by atoms with E-state index in [2.05, 4.69) is 0 Å². The molecule has 1 atom stereocenters. The Morgan fingerprint density at radius 1 is 0.947 bits per heavy atom. The van der Waals surface area contributed by atoms with Gasteiger partial charge in [-0.05, 0) is 66.4 Å². The summed E-state index contributed by atoms with van der Waals surface area (Å²) in [6.45, 7) is 2.45. The quantitative estimate of drug-likeness (QED) is 0.314. The molecule has 8 heteroatoms. The first kappa shape index (κ1) is 25.2. The van der Waals surface area contributed by atoms with Crippen molar-refractivity contribution in [1.82, 2.24) is 4.90 Å². The number of rotatable bonds is 8. The highest BCUT2D eigenvalue weighted by molar-refractivity contribution is 5.81. The van der Waals surface area contributed by atoms with E-state index in [0.29, 0.717) is 41.5 Å². The van der Waals surface area contributed by atoms with Crippen molar-refractivity contribution >= 4 is 16.9 Å². The molecule has 1 amide bonds. The number of aryl methyl sites for hydroxylation is 1. The third-order valence-electron chi connectivity index (χ3n) is 6.76. The maximum Gasteiger partial charge on any atom is 0.336 e. The molecule has 0 bridgehead atoms. The number of carbonyl (C=O) groups excluding carboxylic acids is 1. The van der Waals surface area contributed by atoms with Crippen LogP contribution in [0.15, 0.2) is 75.9 Å². The van der Waals surface area contributed by atoms with E-state index in [9.17, 15) is 9.59 Å². The number of methoxy groups -OCH3 is 2. The Kier molecular flexibility index (Phi) is 7.22. The maximum atomic E-state index is 13.4. The van der Waals surface area contributed by atoms with Crippen LogP contribution in [0.3, 0.4) is 0 Å². The first-order valence-electron chi connectivity index (χ1n) is 12.4. The maximum absolute atomic E-state index is 13.4. The number of ether oxygens (including phenoxy) is 4. The molecule has 0 aliphatic carbocycles. The molecule has 8 nitrogen and oxygen atoms in total. The predicted octanol–water partition coefficient (Wildman–Crippen LogP) is 4.70. The van der Waals surface area contributed by atoms with Crippen molar-refractivity contribution in [2.75, 3.05) is 34.0 Å². The van der Waals surface area contributed by atoms with Gasteiger partial charge in [0, 0.05) is 24.1 Å². The molecule has 38 heavy (non-hydrogen) atoms. The van der Waals surface area contributed by atoms with Gasteiger partial charge in [-0.25, -0.2) is 4.79 Å². The molecule has 2 heterocycles. The van der Waals surface area contributed by atoms with E-state index < -0.39 is 11.7 Å². The summed E-state index contributed by atoms with van der Waals surface area (Å²) < 4.78 is 28.4. The van der Waals surface area contributed by atoms with Crippen molar-refractivity contribution in [3.05, 3.63) is 93.8 Å². The number of para-hydroxylation sites is 1. The second kappa shape index (κ2) is 10.9. The number of hydrogen-bond donors (Lipinski definition) is 0. The predicted molar refractivity (Wildman–Crippen MR) is 142 cm³/mol. The molecular weight excluding hydrogens is 486 g/mol. The minimum absolute atomic E-state index is 0.0937. The smallest absolute Gasteiger partial charge is 0.336 e. The zero-order chi connectivity index (χ0) is 26.6. The summed E-state index contributed by atoms with van der Waals surface area (Å²) in [5.74, 6) is 2.23. The molecule has 4 aromatic rings. The van der Waals surface area contributed by atoms with Gasteiger partial charge in [0.15, 0.2) is 18.1 Å². The molecule has 1 aromatic heterocycles. The number of fused-ring (bicyclic) bond motifs is 2. The third-order valence-corrected chi connectivity index (χ3v) is 6.76. The van der Waals surface area contributed by atoms with Crippen LogP contribution in [0, 0.1) is 6.92 Å². The van der Waals surface area contributed by atoms with Gasteiger partial charge in [-0.2, -0.15) is 0 Å². The van der Waals surface area contributed by atoms with Crippen molar-refractivity contribution in [2.24, 2.45) is 0 Å². The van der Waals surface area contributed by atoms with Gasteiger partial charge < -0.3 is 28.3 Å². The largest absolute Gasteiger partial charge is 0.493 e. The summed E-state index contributed by atoms with van der Waals surface area (Å²) in [5.41, 5.74) is 2.85. The van der Waals surface area contributed by atoms with E-state index in [1.807, 2.05) is 61.5 Å². The Morgan fingerprint density at radius 3 is 2.47 bits per heavy atom. The van der Waals surface area contributed by atoms with Crippen molar-refractivity contribution < 1.29 is 28.2 Å². The van der Waals surface area contributed by atoms with Crippen LogP contribution in [0.1, 0.15) is 22.7 Å². The lowest BCUT2D eigenvalue weighted by molar-refractivity contribution is -0.137. The molecule has 0 radical (unpaired) electrons. The fraction of sp³-hybridized carbons (Fsp3) is 0.267. The molecule has 0 saturated carbocycles. The molecule has 0 N–H and O–H groups in total. The summed E-state index contributed by atoms with van der Waals surface area (Å²) in [6.07, 6.45) is 0.656. The van der Waals surface area contributed by atoms with E-state index in [0.717, 1.165) is 22.1 Å². The molecule has 5 rings (SSSR count). The van der Waals surface area contributed by atoms with Gasteiger partial charge in [0.1, 0.15) is 23.7 Å². The average Bonchev–Trinajstić information content (AvgIpc) is 2.93. The van der Waals surface area contributed by atoms with Crippen LogP contribution in [0.25, 0.3) is 11.0 Å². The highest BCUT2D eigenvalue weighted by atomic mass is 16.5. The highest BCUT2D eigenvalue weighted by Gasteiger charge is 2.33. The van der Waals surface area contributed by atoms with Crippen LogP contribution in [0.2, 0.25) is 0 Å². The topological polar surface area (TPSA) is 87.4 Å². The molecule has 196 valence electrons. The van der Waals surface area contributed by atoms with Gasteiger partial charge in [0.25, 0.3) is 5.91 Å². The van der Waals surface area contributed by atoms with Gasteiger partial charge in [0.05, 0.1) is 20.3 Å². The standard InChI is InChI=1S/C30H29NO7/c1-19-13-30(33)38-26-15-22(9-10-23(19)26)36-17-25-24-16-28(35-3)27(34-2)14-20(24)11-12-31(25)29(32)18-37-21-7-5-4-6-8-21/h4-10,13-16,25H,11-12,17-18H2,1-3H3/t25-/m1/s1. The Labute approximate surface area is 220 Å². The van der Waals surface area contributed by atoms with Crippen LogP contribution in [-0.4, -0.2) is 44.8 Å². The summed E-state index contributed by atoms with van der Waals surface area (Å²) in [5, 5.41) is 0.839. The monoisotopic (exact) mass is 515 g/mol.